The van der Waals surface area contributed by atoms with Crippen LogP contribution in [0.4, 0.5) is 5.69 Å². The minimum Gasteiger partial charge on any atom is -0.461 e. The molecule has 1 atom stereocenters. The van der Waals surface area contributed by atoms with Gasteiger partial charge in [-0.05, 0) is 30.0 Å². The molecule has 0 saturated carbocycles. The van der Waals surface area contributed by atoms with E-state index in [9.17, 15) is 4.79 Å². The standard InChI is InChI=1S/C27H30N4O3/c1-19(2)24(13-14-26(32)33-18-20-9-5-3-6-10-20)31-17-21-15-25(29-16-23(21)30-27(31)28)34-22-11-7-4-8-12-22/h3-12,15-16,19,24H,13-14,17-18H2,1-2H3,(H2,28,30). The Balaban J connectivity index is 1.40. The van der Waals surface area contributed by atoms with E-state index in [1.165, 1.54) is 0 Å². The molecule has 0 aliphatic carbocycles. The Kier molecular flexibility index (Phi) is 7.42. The predicted octanol–water partition coefficient (Wildman–Crippen LogP) is 5.18. The number of hydrogen-bond acceptors (Lipinski definition) is 7. The van der Waals surface area contributed by atoms with Crippen molar-refractivity contribution in [1.82, 2.24) is 9.88 Å². The van der Waals surface area contributed by atoms with Crippen LogP contribution >= 0.6 is 0 Å². The first-order valence-corrected chi connectivity index (χ1v) is 11.5. The maximum absolute atomic E-state index is 12.4. The van der Waals surface area contributed by atoms with Crippen molar-refractivity contribution in [3.05, 3.63) is 84.1 Å². The third-order valence-electron chi connectivity index (χ3n) is 5.83. The number of pyridine rings is 1. The fraction of sp³-hybridized carbons (Fsp3) is 0.296. The van der Waals surface area contributed by atoms with Gasteiger partial charge in [-0.2, -0.15) is 0 Å². The first-order valence-electron chi connectivity index (χ1n) is 11.5. The van der Waals surface area contributed by atoms with E-state index >= 15 is 0 Å². The number of aliphatic imine (C=N–C) groups is 1. The van der Waals surface area contributed by atoms with Crippen LogP contribution in [0.3, 0.4) is 0 Å². The Labute approximate surface area is 200 Å². The van der Waals surface area contributed by atoms with E-state index in [-0.39, 0.29) is 24.5 Å². The Morgan fingerprint density at radius 3 is 2.50 bits per heavy atom. The topological polar surface area (TPSA) is 90.0 Å². The number of para-hydroxylation sites is 1. The molecule has 1 unspecified atom stereocenters. The van der Waals surface area contributed by atoms with Crippen molar-refractivity contribution in [3.63, 3.8) is 0 Å². The lowest BCUT2D eigenvalue weighted by Crippen LogP contribution is -2.48. The predicted molar refractivity (Wildman–Crippen MR) is 132 cm³/mol. The van der Waals surface area contributed by atoms with Crippen molar-refractivity contribution in [1.29, 1.82) is 0 Å². The number of fused-ring (bicyclic) bond motifs is 1. The average Bonchev–Trinajstić information content (AvgIpc) is 2.84. The number of hydrogen-bond donors (Lipinski definition) is 1. The number of carbonyl (C=O) groups is 1. The van der Waals surface area contributed by atoms with Gasteiger partial charge in [-0.3, -0.25) is 4.79 Å². The first-order chi connectivity index (χ1) is 16.5. The molecule has 0 saturated heterocycles. The molecule has 2 heterocycles. The highest BCUT2D eigenvalue weighted by Crippen LogP contribution is 2.32. The highest BCUT2D eigenvalue weighted by Gasteiger charge is 2.28. The third kappa shape index (κ3) is 5.92. The molecule has 4 rings (SSSR count). The number of nitrogens with two attached hydrogens (primary N) is 1. The lowest BCUT2D eigenvalue weighted by molar-refractivity contribution is -0.145. The second kappa shape index (κ2) is 10.8. The van der Waals surface area contributed by atoms with Gasteiger partial charge in [0.2, 0.25) is 5.88 Å². The van der Waals surface area contributed by atoms with Gasteiger partial charge in [-0.1, -0.05) is 62.4 Å². The molecule has 2 aromatic carbocycles. The van der Waals surface area contributed by atoms with Gasteiger partial charge in [-0.15, -0.1) is 0 Å². The van der Waals surface area contributed by atoms with Gasteiger partial charge in [0.25, 0.3) is 0 Å². The molecule has 34 heavy (non-hydrogen) atoms. The van der Waals surface area contributed by atoms with Crippen molar-refractivity contribution in [2.75, 3.05) is 0 Å². The molecule has 0 radical (unpaired) electrons. The Morgan fingerprint density at radius 1 is 1.09 bits per heavy atom. The molecule has 176 valence electrons. The SMILES string of the molecule is CC(C)C(CCC(=O)OCc1ccccc1)N1Cc2cc(Oc3ccccc3)ncc2N=C1N. The van der Waals surface area contributed by atoms with Crippen molar-refractivity contribution in [2.24, 2.45) is 16.6 Å². The number of ether oxygens (including phenoxy) is 2. The van der Waals surface area contributed by atoms with Crippen molar-refractivity contribution >= 4 is 17.6 Å². The normalized spacial score (nSPS) is 13.7. The van der Waals surface area contributed by atoms with Gasteiger partial charge in [0.05, 0.1) is 11.9 Å². The van der Waals surface area contributed by atoms with Crippen LogP contribution in [0.2, 0.25) is 0 Å². The second-order valence-corrected chi connectivity index (χ2v) is 8.66. The van der Waals surface area contributed by atoms with Crippen LogP contribution < -0.4 is 10.5 Å². The van der Waals surface area contributed by atoms with Crippen LogP contribution in [0.1, 0.15) is 37.8 Å². The van der Waals surface area contributed by atoms with Crippen molar-refractivity contribution in [3.8, 4) is 11.6 Å². The first kappa shape index (κ1) is 23.3. The Hall–Kier alpha value is -3.87. The van der Waals surface area contributed by atoms with E-state index in [1.807, 2.05) is 66.7 Å². The minimum absolute atomic E-state index is 0.0350. The summed E-state index contributed by atoms with van der Waals surface area (Å²) < 4.78 is 11.3. The molecule has 7 nitrogen and oxygen atoms in total. The summed E-state index contributed by atoms with van der Waals surface area (Å²) in [5.41, 5.74) is 9.02. The minimum atomic E-state index is -0.217. The smallest absolute Gasteiger partial charge is 0.306 e. The number of carbonyl (C=O) groups excluding carboxylic acids is 1. The van der Waals surface area contributed by atoms with Crippen LogP contribution in [-0.4, -0.2) is 27.9 Å². The Bertz CT molecular complexity index is 1130. The zero-order valence-corrected chi connectivity index (χ0v) is 19.6. The van der Waals surface area contributed by atoms with Gasteiger partial charge in [-0.25, -0.2) is 9.98 Å². The van der Waals surface area contributed by atoms with Gasteiger partial charge >= 0.3 is 5.97 Å². The molecule has 0 fully saturated rings. The summed E-state index contributed by atoms with van der Waals surface area (Å²) in [6.45, 7) is 5.10. The quantitative estimate of drug-likeness (QED) is 0.444. The fourth-order valence-electron chi connectivity index (χ4n) is 4.02. The number of esters is 1. The van der Waals surface area contributed by atoms with Crippen LogP contribution in [0.15, 0.2) is 77.9 Å². The lowest BCUT2D eigenvalue weighted by atomic mass is 9.96. The summed E-state index contributed by atoms with van der Waals surface area (Å²) in [6, 6.07) is 21.2. The summed E-state index contributed by atoms with van der Waals surface area (Å²) in [5, 5.41) is 0. The number of benzene rings is 2. The van der Waals surface area contributed by atoms with E-state index in [4.69, 9.17) is 15.2 Å². The molecular formula is C27H30N4O3. The van der Waals surface area contributed by atoms with E-state index in [1.54, 1.807) is 6.20 Å². The summed E-state index contributed by atoms with van der Waals surface area (Å²) >= 11 is 0. The van der Waals surface area contributed by atoms with Crippen molar-refractivity contribution < 1.29 is 14.3 Å². The van der Waals surface area contributed by atoms with Crippen LogP contribution in [0.25, 0.3) is 0 Å². The van der Waals surface area contributed by atoms with E-state index in [0.717, 1.165) is 22.6 Å². The van der Waals surface area contributed by atoms with Gasteiger partial charge in [0, 0.05) is 30.6 Å². The van der Waals surface area contributed by atoms with E-state index in [2.05, 4.69) is 28.7 Å². The van der Waals surface area contributed by atoms with Crippen molar-refractivity contribution in [2.45, 2.75) is 45.9 Å². The molecule has 1 aliphatic rings. The van der Waals surface area contributed by atoms with E-state index < -0.39 is 0 Å². The maximum Gasteiger partial charge on any atom is 0.306 e. The Morgan fingerprint density at radius 2 is 1.79 bits per heavy atom. The van der Waals surface area contributed by atoms with E-state index in [0.29, 0.717) is 31.2 Å². The van der Waals surface area contributed by atoms with Crippen LogP contribution in [0.5, 0.6) is 11.6 Å². The van der Waals surface area contributed by atoms with Gasteiger partial charge in [0.15, 0.2) is 5.96 Å². The molecule has 0 amide bonds. The molecule has 0 bridgehead atoms. The van der Waals surface area contributed by atoms with Crippen LogP contribution in [0, 0.1) is 5.92 Å². The van der Waals surface area contributed by atoms with Gasteiger partial charge in [0.1, 0.15) is 12.4 Å². The molecule has 1 aliphatic heterocycles. The molecular weight excluding hydrogens is 428 g/mol. The maximum atomic E-state index is 12.4. The molecule has 7 heteroatoms. The third-order valence-corrected chi connectivity index (χ3v) is 5.83. The number of nitrogens with zero attached hydrogens (tertiary/aromatic N) is 3. The second-order valence-electron chi connectivity index (χ2n) is 8.66. The molecule has 2 N–H and O–H groups in total. The average molecular weight is 459 g/mol. The molecule has 1 aromatic heterocycles. The zero-order valence-electron chi connectivity index (χ0n) is 19.6. The lowest BCUT2D eigenvalue weighted by Gasteiger charge is -2.37. The number of rotatable bonds is 9. The fourth-order valence-corrected chi connectivity index (χ4v) is 4.02. The van der Waals surface area contributed by atoms with Gasteiger partial charge < -0.3 is 20.1 Å². The molecule has 3 aromatic rings. The molecule has 0 spiro atoms. The summed E-state index contributed by atoms with van der Waals surface area (Å²) in [4.78, 5) is 23.4. The highest BCUT2D eigenvalue weighted by atomic mass is 16.5. The summed E-state index contributed by atoms with van der Waals surface area (Å²) in [7, 11) is 0. The summed E-state index contributed by atoms with van der Waals surface area (Å²) in [6.07, 6.45) is 2.61. The number of guanidine groups is 1. The number of aromatic nitrogens is 1. The monoisotopic (exact) mass is 458 g/mol. The largest absolute Gasteiger partial charge is 0.461 e. The van der Waals surface area contributed by atoms with Crippen LogP contribution in [-0.2, 0) is 22.7 Å². The zero-order chi connectivity index (χ0) is 23.9. The summed E-state index contributed by atoms with van der Waals surface area (Å²) in [5.74, 6) is 1.71. The highest BCUT2D eigenvalue weighted by molar-refractivity contribution is 5.84.